The molecule has 0 aromatic carbocycles. The number of piperidine rings is 1. The van der Waals surface area contributed by atoms with Gasteiger partial charge in [0.15, 0.2) is 11.5 Å². The minimum Gasteiger partial charge on any atom is -0.382 e. The SMILES string of the molecule is CN(C)C1CCN(c2ccncc2NC(=O)c2nccnc2N)CC1. The summed E-state index contributed by atoms with van der Waals surface area (Å²) in [5, 5.41) is 2.86. The first-order valence-electron chi connectivity index (χ1n) is 8.29. The van der Waals surface area contributed by atoms with Crippen LogP contribution in [0.15, 0.2) is 30.9 Å². The molecular weight excluding hydrogens is 318 g/mol. The van der Waals surface area contributed by atoms with Crippen molar-refractivity contribution in [2.75, 3.05) is 43.1 Å². The molecule has 0 bridgehead atoms. The molecule has 1 aliphatic heterocycles. The molecule has 3 heterocycles. The number of carbonyl (C=O) groups is 1. The number of aromatic nitrogens is 3. The van der Waals surface area contributed by atoms with Crippen LogP contribution in [-0.2, 0) is 0 Å². The Morgan fingerprint density at radius 3 is 2.64 bits per heavy atom. The third-order valence-electron chi connectivity index (χ3n) is 4.52. The van der Waals surface area contributed by atoms with Gasteiger partial charge in [0, 0.05) is 37.7 Å². The van der Waals surface area contributed by atoms with Crippen molar-refractivity contribution in [1.82, 2.24) is 19.9 Å². The molecule has 1 aliphatic rings. The lowest BCUT2D eigenvalue weighted by molar-refractivity contribution is 0.102. The zero-order chi connectivity index (χ0) is 17.8. The summed E-state index contributed by atoms with van der Waals surface area (Å²) in [7, 11) is 4.23. The van der Waals surface area contributed by atoms with Crippen LogP contribution in [0.1, 0.15) is 23.3 Å². The van der Waals surface area contributed by atoms with Crippen molar-refractivity contribution >= 4 is 23.1 Å². The van der Waals surface area contributed by atoms with Gasteiger partial charge in [0.25, 0.3) is 5.91 Å². The summed E-state index contributed by atoms with van der Waals surface area (Å²) >= 11 is 0. The van der Waals surface area contributed by atoms with Crippen molar-refractivity contribution in [3.8, 4) is 0 Å². The minimum absolute atomic E-state index is 0.109. The van der Waals surface area contributed by atoms with E-state index in [1.807, 2.05) is 6.07 Å². The molecule has 132 valence electrons. The van der Waals surface area contributed by atoms with E-state index < -0.39 is 0 Å². The summed E-state index contributed by atoms with van der Waals surface area (Å²) in [6.07, 6.45) is 8.45. The number of rotatable bonds is 4. The summed E-state index contributed by atoms with van der Waals surface area (Å²) in [5.41, 5.74) is 7.46. The van der Waals surface area contributed by atoms with Gasteiger partial charge < -0.3 is 20.9 Å². The number of pyridine rings is 1. The van der Waals surface area contributed by atoms with Gasteiger partial charge in [-0.2, -0.15) is 0 Å². The quantitative estimate of drug-likeness (QED) is 0.863. The molecule has 8 nitrogen and oxygen atoms in total. The van der Waals surface area contributed by atoms with E-state index in [-0.39, 0.29) is 17.4 Å². The lowest BCUT2D eigenvalue weighted by atomic mass is 10.0. The van der Waals surface area contributed by atoms with E-state index in [1.165, 1.54) is 12.4 Å². The van der Waals surface area contributed by atoms with E-state index >= 15 is 0 Å². The fraction of sp³-hybridized carbons (Fsp3) is 0.412. The molecule has 3 N–H and O–H groups in total. The average Bonchev–Trinajstić information content (AvgIpc) is 2.62. The third kappa shape index (κ3) is 3.85. The summed E-state index contributed by atoms with van der Waals surface area (Å²) in [4.78, 5) is 29.1. The van der Waals surface area contributed by atoms with Crippen LogP contribution >= 0.6 is 0 Å². The number of anilines is 3. The Labute approximate surface area is 147 Å². The highest BCUT2D eigenvalue weighted by Gasteiger charge is 2.23. The standard InChI is InChI=1S/C17H23N7O/c1-23(2)12-4-9-24(10-5-12)14-3-6-19-11-13(14)22-17(25)15-16(18)21-8-7-20-15/h3,6-8,11-12H,4-5,9-10H2,1-2H3,(H2,18,21)(H,22,25). The number of nitrogens with one attached hydrogen (secondary N) is 1. The molecule has 1 fully saturated rings. The maximum Gasteiger partial charge on any atom is 0.278 e. The summed E-state index contributed by atoms with van der Waals surface area (Å²) in [5.74, 6) is -0.278. The molecule has 0 aliphatic carbocycles. The van der Waals surface area contributed by atoms with Gasteiger partial charge in [0.05, 0.1) is 17.6 Å². The molecule has 3 rings (SSSR count). The van der Waals surface area contributed by atoms with Crippen molar-refractivity contribution in [2.45, 2.75) is 18.9 Å². The summed E-state index contributed by atoms with van der Waals surface area (Å²) in [6, 6.07) is 2.52. The van der Waals surface area contributed by atoms with Crippen LogP contribution in [-0.4, -0.2) is 59.0 Å². The Kier molecular flexibility index (Phi) is 5.08. The normalized spacial score (nSPS) is 15.4. The van der Waals surface area contributed by atoms with Gasteiger partial charge in [-0.05, 0) is 33.0 Å². The first-order valence-corrected chi connectivity index (χ1v) is 8.29. The van der Waals surface area contributed by atoms with Crippen LogP contribution in [0, 0.1) is 0 Å². The number of hydrogen-bond acceptors (Lipinski definition) is 7. The van der Waals surface area contributed by atoms with Crippen LogP contribution < -0.4 is 16.0 Å². The predicted molar refractivity (Wildman–Crippen MR) is 97.6 cm³/mol. The minimum atomic E-state index is -0.386. The second kappa shape index (κ2) is 7.43. The van der Waals surface area contributed by atoms with Gasteiger partial charge in [-0.25, -0.2) is 9.97 Å². The molecule has 2 aromatic heterocycles. The number of hydrogen-bond donors (Lipinski definition) is 2. The van der Waals surface area contributed by atoms with E-state index in [0.29, 0.717) is 11.7 Å². The van der Waals surface area contributed by atoms with Gasteiger partial charge in [-0.3, -0.25) is 9.78 Å². The fourth-order valence-corrected chi connectivity index (χ4v) is 3.09. The maximum atomic E-state index is 12.5. The zero-order valence-corrected chi connectivity index (χ0v) is 14.5. The topological polar surface area (TPSA) is 100 Å². The molecule has 0 unspecified atom stereocenters. The maximum absolute atomic E-state index is 12.5. The zero-order valence-electron chi connectivity index (χ0n) is 14.5. The van der Waals surface area contributed by atoms with Gasteiger partial charge >= 0.3 is 0 Å². The van der Waals surface area contributed by atoms with Gasteiger partial charge in [0.2, 0.25) is 0 Å². The Hall–Kier alpha value is -2.74. The molecular formula is C17H23N7O. The Balaban J connectivity index is 1.76. The molecule has 0 spiro atoms. The number of carbonyl (C=O) groups excluding carboxylic acids is 1. The van der Waals surface area contributed by atoms with Crippen LogP contribution in [0.4, 0.5) is 17.2 Å². The Morgan fingerprint density at radius 2 is 1.96 bits per heavy atom. The highest BCUT2D eigenvalue weighted by molar-refractivity contribution is 6.07. The van der Waals surface area contributed by atoms with Crippen LogP contribution in [0.3, 0.4) is 0 Å². The van der Waals surface area contributed by atoms with Crippen LogP contribution in [0.25, 0.3) is 0 Å². The monoisotopic (exact) mass is 341 g/mol. The largest absolute Gasteiger partial charge is 0.382 e. The van der Waals surface area contributed by atoms with Gasteiger partial charge in [0.1, 0.15) is 0 Å². The van der Waals surface area contributed by atoms with Gasteiger partial charge in [-0.15, -0.1) is 0 Å². The van der Waals surface area contributed by atoms with Crippen LogP contribution in [0.2, 0.25) is 0 Å². The molecule has 1 saturated heterocycles. The average molecular weight is 341 g/mol. The first kappa shape index (κ1) is 17.1. The smallest absolute Gasteiger partial charge is 0.278 e. The highest BCUT2D eigenvalue weighted by Crippen LogP contribution is 2.28. The lowest BCUT2D eigenvalue weighted by Gasteiger charge is -2.37. The molecule has 8 heteroatoms. The Bertz CT molecular complexity index is 741. The predicted octanol–water partition coefficient (Wildman–Crippen LogP) is 1.24. The molecule has 2 aromatic rings. The van der Waals surface area contributed by atoms with Crippen molar-refractivity contribution in [1.29, 1.82) is 0 Å². The number of nitrogens with two attached hydrogens (primary N) is 1. The van der Waals surface area contributed by atoms with E-state index in [9.17, 15) is 4.79 Å². The number of nitrogen functional groups attached to an aromatic ring is 1. The number of nitrogens with zero attached hydrogens (tertiary/aromatic N) is 5. The molecule has 1 amide bonds. The lowest BCUT2D eigenvalue weighted by Crippen LogP contribution is -2.42. The Morgan fingerprint density at radius 1 is 1.24 bits per heavy atom. The molecule has 0 saturated carbocycles. The van der Waals surface area contributed by atoms with Crippen LogP contribution in [0.5, 0.6) is 0 Å². The molecule has 0 radical (unpaired) electrons. The van der Waals surface area contributed by atoms with Crippen molar-refractivity contribution in [3.05, 3.63) is 36.5 Å². The molecule has 25 heavy (non-hydrogen) atoms. The second-order valence-electron chi connectivity index (χ2n) is 6.32. The highest BCUT2D eigenvalue weighted by atomic mass is 16.1. The second-order valence-corrected chi connectivity index (χ2v) is 6.32. The van der Waals surface area contributed by atoms with E-state index in [4.69, 9.17) is 5.73 Å². The number of amides is 1. The van der Waals surface area contributed by atoms with E-state index in [0.717, 1.165) is 31.6 Å². The summed E-state index contributed by atoms with van der Waals surface area (Å²) < 4.78 is 0. The van der Waals surface area contributed by atoms with Gasteiger partial charge in [-0.1, -0.05) is 0 Å². The third-order valence-corrected chi connectivity index (χ3v) is 4.52. The molecule has 0 atom stereocenters. The van der Waals surface area contributed by atoms with Crippen molar-refractivity contribution in [2.24, 2.45) is 0 Å². The first-order chi connectivity index (χ1) is 12.1. The van der Waals surface area contributed by atoms with Crippen molar-refractivity contribution < 1.29 is 4.79 Å². The fourth-order valence-electron chi connectivity index (χ4n) is 3.09. The summed E-state index contributed by atoms with van der Waals surface area (Å²) in [6.45, 7) is 1.87. The van der Waals surface area contributed by atoms with E-state index in [1.54, 1.807) is 12.4 Å². The van der Waals surface area contributed by atoms with Crippen molar-refractivity contribution in [3.63, 3.8) is 0 Å². The van der Waals surface area contributed by atoms with E-state index in [2.05, 4.69) is 44.2 Å².